The predicted octanol–water partition coefficient (Wildman–Crippen LogP) is 3.24. The van der Waals surface area contributed by atoms with Crippen LogP contribution in [0.4, 0.5) is 0 Å². The summed E-state index contributed by atoms with van der Waals surface area (Å²) in [6.07, 6.45) is 2.02. The third kappa shape index (κ3) is 4.33. The molecule has 102 valence electrons. The molecule has 3 nitrogen and oxygen atoms in total. The van der Waals surface area contributed by atoms with Gasteiger partial charge in [0.15, 0.2) is 0 Å². The van der Waals surface area contributed by atoms with Crippen LogP contribution in [-0.4, -0.2) is 18.6 Å². The fourth-order valence-electron chi connectivity index (χ4n) is 1.86. The largest absolute Gasteiger partial charge is 0.497 e. The molecule has 0 aliphatic heterocycles. The number of aromatic nitrogens is 1. The summed E-state index contributed by atoms with van der Waals surface area (Å²) in [4.78, 5) is 4.65. The SMILES string of the molecule is CCCNCc1csc(Cc2cccc(OC)c2)n1. The van der Waals surface area contributed by atoms with Crippen molar-refractivity contribution in [3.63, 3.8) is 0 Å². The van der Waals surface area contributed by atoms with Gasteiger partial charge in [-0.05, 0) is 30.7 Å². The van der Waals surface area contributed by atoms with Crippen molar-refractivity contribution in [3.8, 4) is 5.75 Å². The summed E-state index contributed by atoms with van der Waals surface area (Å²) >= 11 is 1.72. The normalized spacial score (nSPS) is 10.6. The average Bonchev–Trinajstić information content (AvgIpc) is 2.87. The van der Waals surface area contributed by atoms with Crippen molar-refractivity contribution in [1.29, 1.82) is 0 Å². The molecule has 0 spiro atoms. The van der Waals surface area contributed by atoms with E-state index >= 15 is 0 Å². The standard InChI is InChI=1S/C15H20N2OS/c1-3-7-16-10-13-11-19-15(17-13)9-12-5-4-6-14(8-12)18-2/h4-6,8,11,16H,3,7,9-10H2,1-2H3. The molecule has 1 aromatic heterocycles. The highest BCUT2D eigenvalue weighted by Crippen LogP contribution is 2.18. The predicted molar refractivity (Wildman–Crippen MR) is 79.9 cm³/mol. The van der Waals surface area contributed by atoms with Gasteiger partial charge in [0.05, 0.1) is 17.8 Å². The van der Waals surface area contributed by atoms with Crippen molar-refractivity contribution in [3.05, 3.63) is 45.9 Å². The third-order valence-corrected chi connectivity index (χ3v) is 3.72. The Kier molecular flexibility index (Phi) is 5.36. The number of nitrogens with one attached hydrogen (secondary N) is 1. The molecule has 0 atom stereocenters. The van der Waals surface area contributed by atoms with Crippen LogP contribution in [0.3, 0.4) is 0 Å². The van der Waals surface area contributed by atoms with Gasteiger partial charge in [-0.15, -0.1) is 11.3 Å². The van der Waals surface area contributed by atoms with E-state index in [9.17, 15) is 0 Å². The lowest BCUT2D eigenvalue weighted by molar-refractivity contribution is 0.414. The summed E-state index contributed by atoms with van der Waals surface area (Å²) in [5.74, 6) is 0.902. The van der Waals surface area contributed by atoms with E-state index in [1.807, 2.05) is 12.1 Å². The summed E-state index contributed by atoms with van der Waals surface area (Å²) in [5.41, 5.74) is 2.37. The fraction of sp³-hybridized carbons (Fsp3) is 0.400. The zero-order valence-electron chi connectivity index (χ0n) is 11.5. The van der Waals surface area contributed by atoms with E-state index in [0.29, 0.717) is 0 Å². The summed E-state index contributed by atoms with van der Waals surface area (Å²) in [7, 11) is 1.69. The van der Waals surface area contributed by atoms with Crippen molar-refractivity contribution < 1.29 is 4.74 Å². The highest BCUT2D eigenvalue weighted by molar-refractivity contribution is 7.09. The Morgan fingerprint density at radius 2 is 2.26 bits per heavy atom. The van der Waals surface area contributed by atoms with Crippen LogP contribution in [0, 0.1) is 0 Å². The van der Waals surface area contributed by atoms with Crippen molar-refractivity contribution in [1.82, 2.24) is 10.3 Å². The highest BCUT2D eigenvalue weighted by Gasteiger charge is 2.04. The van der Waals surface area contributed by atoms with E-state index in [1.54, 1.807) is 18.4 Å². The highest BCUT2D eigenvalue weighted by atomic mass is 32.1. The number of ether oxygens (including phenoxy) is 1. The van der Waals surface area contributed by atoms with E-state index in [2.05, 4.69) is 34.7 Å². The average molecular weight is 276 g/mol. The van der Waals surface area contributed by atoms with Gasteiger partial charge in [0.1, 0.15) is 5.75 Å². The Bertz CT molecular complexity index is 510. The smallest absolute Gasteiger partial charge is 0.119 e. The van der Waals surface area contributed by atoms with Gasteiger partial charge in [-0.1, -0.05) is 19.1 Å². The molecule has 0 saturated heterocycles. The quantitative estimate of drug-likeness (QED) is 0.788. The first-order chi connectivity index (χ1) is 9.31. The van der Waals surface area contributed by atoms with Gasteiger partial charge in [-0.3, -0.25) is 0 Å². The Hall–Kier alpha value is -1.39. The number of thiazole rings is 1. The Labute approximate surface area is 118 Å². The lowest BCUT2D eigenvalue weighted by Gasteiger charge is -2.02. The molecule has 0 fully saturated rings. The summed E-state index contributed by atoms with van der Waals surface area (Å²) < 4.78 is 5.24. The molecule has 0 aliphatic rings. The number of hydrogen-bond acceptors (Lipinski definition) is 4. The summed E-state index contributed by atoms with van der Waals surface area (Å²) in [6, 6.07) is 8.16. The second-order valence-electron chi connectivity index (χ2n) is 4.44. The summed E-state index contributed by atoms with van der Waals surface area (Å²) in [5, 5.41) is 6.66. The monoisotopic (exact) mass is 276 g/mol. The van der Waals surface area contributed by atoms with E-state index in [0.717, 1.165) is 42.4 Å². The third-order valence-electron chi connectivity index (χ3n) is 2.82. The molecule has 0 bridgehead atoms. The van der Waals surface area contributed by atoms with Crippen LogP contribution < -0.4 is 10.1 Å². The Balaban J connectivity index is 1.95. The zero-order valence-corrected chi connectivity index (χ0v) is 12.3. The van der Waals surface area contributed by atoms with Gasteiger partial charge in [-0.25, -0.2) is 4.98 Å². The molecule has 19 heavy (non-hydrogen) atoms. The molecule has 1 heterocycles. The zero-order chi connectivity index (χ0) is 13.5. The number of rotatable bonds is 7. The van der Waals surface area contributed by atoms with Crippen LogP contribution in [0.5, 0.6) is 5.75 Å². The fourth-order valence-corrected chi connectivity index (χ4v) is 2.69. The molecule has 1 aromatic carbocycles. The van der Waals surface area contributed by atoms with E-state index in [-0.39, 0.29) is 0 Å². The molecule has 0 aliphatic carbocycles. The van der Waals surface area contributed by atoms with Crippen LogP contribution in [0.25, 0.3) is 0 Å². The lowest BCUT2D eigenvalue weighted by atomic mass is 10.1. The molecule has 0 unspecified atom stereocenters. The lowest BCUT2D eigenvalue weighted by Crippen LogP contribution is -2.13. The number of methoxy groups -OCH3 is 1. The van der Waals surface area contributed by atoms with E-state index < -0.39 is 0 Å². The maximum absolute atomic E-state index is 5.24. The molecular weight excluding hydrogens is 256 g/mol. The first-order valence-corrected chi connectivity index (χ1v) is 7.46. The van der Waals surface area contributed by atoms with Crippen LogP contribution in [0.15, 0.2) is 29.6 Å². The van der Waals surface area contributed by atoms with E-state index in [4.69, 9.17) is 4.74 Å². The van der Waals surface area contributed by atoms with Crippen molar-refractivity contribution in [2.45, 2.75) is 26.3 Å². The van der Waals surface area contributed by atoms with Gasteiger partial charge in [0.25, 0.3) is 0 Å². The second-order valence-corrected chi connectivity index (χ2v) is 5.38. The molecular formula is C15H20N2OS. The van der Waals surface area contributed by atoms with Gasteiger partial charge >= 0.3 is 0 Å². The van der Waals surface area contributed by atoms with Crippen molar-refractivity contribution >= 4 is 11.3 Å². The molecule has 2 rings (SSSR count). The van der Waals surface area contributed by atoms with Crippen LogP contribution in [0.2, 0.25) is 0 Å². The first kappa shape index (κ1) is 14.0. The molecule has 2 aromatic rings. The number of hydrogen-bond donors (Lipinski definition) is 1. The van der Waals surface area contributed by atoms with Gasteiger partial charge in [0.2, 0.25) is 0 Å². The maximum atomic E-state index is 5.24. The minimum absolute atomic E-state index is 0.864. The number of benzene rings is 1. The molecule has 0 radical (unpaired) electrons. The summed E-state index contributed by atoms with van der Waals surface area (Å²) in [6.45, 7) is 4.08. The van der Waals surface area contributed by atoms with E-state index in [1.165, 1.54) is 5.56 Å². The number of nitrogens with zero attached hydrogens (tertiary/aromatic N) is 1. The minimum Gasteiger partial charge on any atom is -0.497 e. The van der Waals surface area contributed by atoms with Gasteiger partial charge in [-0.2, -0.15) is 0 Å². The van der Waals surface area contributed by atoms with Crippen molar-refractivity contribution in [2.24, 2.45) is 0 Å². The van der Waals surface area contributed by atoms with Crippen LogP contribution in [-0.2, 0) is 13.0 Å². The topological polar surface area (TPSA) is 34.1 Å². The molecule has 0 saturated carbocycles. The minimum atomic E-state index is 0.864. The molecule has 4 heteroatoms. The maximum Gasteiger partial charge on any atom is 0.119 e. The van der Waals surface area contributed by atoms with Gasteiger partial charge < -0.3 is 10.1 Å². The first-order valence-electron chi connectivity index (χ1n) is 6.58. The van der Waals surface area contributed by atoms with Crippen LogP contribution >= 0.6 is 11.3 Å². The molecule has 1 N–H and O–H groups in total. The van der Waals surface area contributed by atoms with Crippen LogP contribution in [0.1, 0.15) is 29.6 Å². The molecule has 0 amide bonds. The van der Waals surface area contributed by atoms with Gasteiger partial charge in [0, 0.05) is 18.3 Å². The Morgan fingerprint density at radius 1 is 1.37 bits per heavy atom. The van der Waals surface area contributed by atoms with Crippen molar-refractivity contribution in [2.75, 3.05) is 13.7 Å². The Morgan fingerprint density at radius 3 is 3.05 bits per heavy atom. The second kappa shape index (κ2) is 7.26.